The molecule has 0 saturated heterocycles. The number of amides is 1. The standard InChI is InChI=1S/C28H26N2O4/c1-20-7-10-24(11-8-20)33-15-16-34-26-12-9-21(18-27(26)32-2)17-23(19-29)28(31)30-14-13-22-5-3-4-6-25(22)30/h3-12,17-18H,13-16H2,1-2H3/b23-17+. The lowest BCUT2D eigenvalue weighted by Gasteiger charge is -2.16. The van der Waals surface area contributed by atoms with Gasteiger partial charge in [-0.05, 0) is 60.9 Å². The van der Waals surface area contributed by atoms with Gasteiger partial charge in [0.15, 0.2) is 11.5 Å². The van der Waals surface area contributed by atoms with Crippen molar-refractivity contribution in [3.63, 3.8) is 0 Å². The number of benzene rings is 3. The third-order valence-corrected chi connectivity index (χ3v) is 5.61. The number of nitriles is 1. The molecule has 1 aliphatic rings. The molecular formula is C28H26N2O4. The van der Waals surface area contributed by atoms with Crippen molar-refractivity contribution in [1.29, 1.82) is 5.26 Å². The molecule has 0 spiro atoms. The largest absolute Gasteiger partial charge is 0.493 e. The number of hydrogen-bond donors (Lipinski definition) is 0. The monoisotopic (exact) mass is 454 g/mol. The van der Waals surface area contributed by atoms with E-state index in [-0.39, 0.29) is 11.5 Å². The lowest BCUT2D eigenvalue weighted by atomic mass is 10.1. The quantitative estimate of drug-likeness (QED) is 0.273. The Morgan fingerprint density at radius 3 is 2.56 bits per heavy atom. The van der Waals surface area contributed by atoms with E-state index in [0.717, 1.165) is 23.4 Å². The molecule has 0 unspecified atom stereocenters. The SMILES string of the molecule is COc1cc(/C=C(\C#N)C(=O)N2CCc3ccccc32)ccc1OCCOc1ccc(C)cc1. The number of carbonyl (C=O) groups excluding carboxylic acids is 1. The summed E-state index contributed by atoms with van der Waals surface area (Å²) in [6.07, 6.45) is 2.37. The smallest absolute Gasteiger partial charge is 0.268 e. The van der Waals surface area contributed by atoms with E-state index >= 15 is 0 Å². The molecule has 0 N–H and O–H groups in total. The molecule has 0 saturated carbocycles. The van der Waals surface area contributed by atoms with Crippen molar-refractivity contribution in [1.82, 2.24) is 0 Å². The number of aryl methyl sites for hydroxylation is 1. The van der Waals surface area contributed by atoms with Crippen LogP contribution in [0.4, 0.5) is 5.69 Å². The summed E-state index contributed by atoms with van der Waals surface area (Å²) in [5.74, 6) is 1.56. The molecular weight excluding hydrogens is 428 g/mol. The van der Waals surface area contributed by atoms with E-state index in [1.807, 2.05) is 55.5 Å². The van der Waals surface area contributed by atoms with Crippen LogP contribution in [0.15, 0.2) is 72.3 Å². The van der Waals surface area contributed by atoms with Crippen LogP contribution in [-0.4, -0.2) is 32.8 Å². The summed E-state index contributed by atoms with van der Waals surface area (Å²) in [5, 5.41) is 9.66. The Kier molecular flexibility index (Phi) is 7.14. The zero-order chi connectivity index (χ0) is 23.9. The van der Waals surface area contributed by atoms with Crippen LogP contribution in [0.3, 0.4) is 0 Å². The highest BCUT2D eigenvalue weighted by molar-refractivity contribution is 6.12. The van der Waals surface area contributed by atoms with Crippen LogP contribution < -0.4 is 19.1 Å². The van der Waals surface area contributed by atoms with Gasteiger partial charge in [-0.15, -0.1) is 0 Å². The maximum atomic E-state index is 13.0. The van der Waals surface area contributed by atoms with Gasteiger partial charge < -0.3 is 19.1 Å². The molecule has 6 heteroatoms. The van der Waals surface area contributed by atoms with Crippen molar-refractivity contribution in [2.24, 2.45) is 0 Å². The molecule has 3 aromatic carbocycles. The predicted molar refractivity (Wildman–Crippen MR) is 131 cm³/mol. The van der Waals surface area contributed by atoms with Gasteiger partial charge in [-0.25, -0.2) is 0 Å². The van der Waals surface area contributed by atoms with E-state index in [1.54, 1.807) is 36.3 Å². The van der Waals surface area contributed by atoms with Gasteiger partial charge in [-0.2, -0.15) is 5.26 Å². The molecule has 0 radical (unpaired) electrons. The number of methoxy groups -OCH3 is 1. The second-order valence-electron chi connectivity index (χ2n) is 7.93. The number of hydrogen-bond acceptors (Lipinski definition) is 5. The molecule has 3 aromatic rings. The normalized spacial score (nSPS) is 12.6. The first-order chi connectivity index (χ1) is 16.6. The van der Waals surface area contributed by atoms with E-state index < -0.39 is 0 Å². The minimum absolute atomic E-state index is 0.0684. The lowest BCUT2D eigenvalue weighted by Crippen LogP contribution is -2.29. The molecule has 0 aromatic heterocycles. The van der Waals surface area contributed by atoms with Crippen molar-refractivity contribution in [3.05, 3.63) is 89.0 Å². The predicted octanol–water partition coefficient (Wildman–Crippen LogP) is 4.96. The molecule has 0 aliphatic carbocycles. The van der Waals surface area contributed by atoms with Gasteiger partial charge in [-0.1, -0.05) is 42.0 Å². The molecule has 1 heterocycles. The first-order valence-electron chi connectivity index (χ1n) is 11.1. The Bertz CT molecular complexity index is 1240. The van der Waals surface area contributed by atoms with Crippen LogP contribution in [0.1, 0.15) is 16.7 Å². The van der Waals surface area contributed by atoms with Crippen LogP contribution in [-0.2, 0) is 11.2 Å². The number of rotatable bonds is 8. The van der Waals surface area contributed by atoms with Crippen LogP contribution in [0.2, 0.25) is 0 Å². The minimum atomic E-state index is -0.306. The van der Waals surface area contributed by atoms with Crippen molar-refractivity contribution < 1.29 is 19.0 Å². The molecule has 1 aliphatic heterocycles. The van der Waals surface area contributed by atoms with Gasteiger partial charge in [0.25, 0.3) is 5.91 Å². The Labute approximate surface area is 199 Å². The first kappa shape index (κ1) is 22.9. The van der Waals surface area contributed by atoms with E-state index in [1.165, 1.54) is 5.56 Å². The van der Waals surface area contributed by atoms with Crippen molar-refractivity contribution in [3.8, 4) is 23.3 Å². The van der Waals surface area contributed by atoms with Crippen molar-refractivity contribution >= 4 is 17.7 Å². The Hall–Kier alpha value is -4.24. The Balaban J connectivity index is 1.42. The molecule has 6 nitrogen and oxygen atoms in total. The maximum Gasteiger partial charge on any atom is 0.268 e. The first-order valence-corrected chi connectivity index (χ1v) is 11.1. The summed E-state index contributed by atoms with van der Waals surface area (Å²) in [5.41, 5.74) is 3.90. The average Bonchev–Trinajstić information content (AvgIpc) is 3.30. The topological polar surface area (TPSA) is 71.8 Å². The summed E-state index contributed by atoms with van der Waals surface area (Å²) in [6.45, 7) is 3.32. The fourth-order valence-electron chi connectivity index (χ4n) is 3.84. The lowest BCUT2D eigenvalue weighted by molar-refractivity contribution is -0.114. The number of para-hydroxylation sites is 1. The second-order valence-corrected chi connectivity index (χ2v) is 7.93. The van der Waals surface area contributed by atoms with Gasteiger partial charge in [0.05, 0.1) is 7.11 Å². The van der Waals surface area contributed by atoms with Crippen molar-refractivity contribution in [2.75, 3.05) is 31.8 Å². The van der Waals surface area contributed by atoms with Crippen LogP contribution in [0.5, 0.6) is 17.2 Å². The summed E-state index contributed by atoms with van der Waals surface area (Å²) < 4.78 is 17.0. The summed E-state index contributed by atoms with van der Waals surface area (Å²) >= 11 is 0. The molecule has 172 valence electrons. The Morgan fingerprint density at radius 1 is 1.03 bits per heavy atom. The van der Waals surface area contributed by atoms with Crippen LogP contribution >= 0.6 is 0 Å². The number of fused-ring (bicyclic) bond motifs is 1. The fourth-order valence-corrected chi connectivity index (χ4v) is 3.84. The molecule has 0 fully saturated rings. The van der Waals surface area contributed by atoms with Gasteiger partial charge in [0.2, 0.25) is 0 Å². The van der Waals surface area contributed by atoms with Crippen molar-refractivity contribution in [2.45, 2.75) is 13.3 Å². The average molecular weight is 455 g/mol. The summed E-state index contributed by atoms with van der Waals surface area (Å²) in [6, 6.07) is 23.0. The molecule has 0 atom stereocenters. The summed E-state index contributed by atoms with van der Waals surface area (Å²) in [4.78, 5) is 14.7. The molecule has 4 rings (SSSR count). The number of nitrogens with zero attached hydrogens (tertiary/aromatic N) is 2. The summed E-state index contributed by atoms with van der Waals surface area (Å²) in [7, 11) is 1.55. The highest BCUT2D eigenvalue weighted by Crippen LogP contribution is 2.31. The third kappa shape index (κ3) is 5.21. The highest BCUT2D eigenvalue weighted by atomic mass is 16.5. The Morgan fingerprint density at radius 2 is 1.79 bits per heavy atom. The maximum absolute atomic E-state index is 13.0. The van der Waals surface area contributed by atoms with Gasteiger partial charge in [-0.3, -0.25) is 4.79 Å². The minimum Gasteiger partial charge on any atom is -0.493 e. The number of ether oxygens (including phenoxy) is 3. The van der Waals surface area contributed by atoms with E-state index in [0.29, 0.717) is 36.8 Å². The van der Waals surface area contributed by atoms with Gasteiger partial charge >= 0.3 is 0 Å². The molecule has 1 amide bonds. The zero-order valence-electron chi connectivity index (χ0n) is 19.3. The van der Waals surface area contributed by atoms with E-state index in [9.17, 15) is 10.1 Å². The second kappa shape index (κ2) is 10.6. The fraction of sp³-hybridized carbons (Fsp3) is 0.214. The van der Waals surface area contributed by atoms with E-state index in [4.69, 9.17) is 14.2 Å². The van der Waals surface area contributed by atoms with Crippen LogP contribution in [0.25, 0.3) is 6.08 Å². The number of anilines is 1. The van der Waals surface area contributed by atoms with Gasteiger partial charge in [0, 0.05) is 12.2 Å². The molecule has 34 heavy (non-hydrogen) atoms. The molecule has 0 bridgehead atoms. The number of carbonyl (C=O) groups is 1. The third-order valence-electron chi connectivity index (χ3n) is 5.61. The zero-order valence-corrected chi connectivity index (χ0v) is 19.3. The van der Waals surface area contributed by atoms with Crippen LogP contribution in [0, 0.1) is 18.3 Å². The van der Waals surface area contributed by atoms with E-state index in [2.05, 4.69) is 6.07 Å². The van der Waals surface area contributed by atoms with Gasteiger partial charge in [0.1, 0.15) is 30.6 Å². The highest BCUT2D eigenvalue weighted by Gasteiger charge is 2.26.